The van der Waals surface area contributed by atoms with E-state index in [0.29, 0.717) is 28.1 Å². The maximum absolute atomic E-state index is 12.6. The maximum Gasteiger partial charge on any atom is 0.257 e. The van der Waals surface area contributed by atoms with Crippen molar-refractivity contribution in [1.29, 1.82) is 0 Å². The molecule has 0 atom stereocenters. The number of nitrogens with one attached hydrogen (secondary N) is 2. The van der Waals surface area contributed by atoms with Gasteiger partial charge in [0.15, 0.2) is 0 Å². The van der Waals surface area contributed by atoms with Crippen LogP contribution in [0.5, 0.6) is 0 Å². The van der Waals surface area contributed by atoms with Crippen molar-refractivity contribution >= 4 is 22.6 Å². The van der Waals surface area contributed by atoms with Crippen molar-refractivity contribution in [3.05, 3.63) is 63.8 Å². The van der Waals surface area contributed by atoms with Crippen LogP contribution in [-0.2, 0) is 6.42 Å². The van der Waals surface area contributed by atoms with Crippen LogP contribution in [0, 0.1) is 6.92 Å². The summed E-state index contributed by atoms with van der Waals surface area (Å²) in [5, 5.41) is 3.44. The first kappa shape index (κ1) is 14.9. The highest BCUT2D eigenvalue weighted by Crippen LogP contribution is 2.16. The number of hydrogen-bond donors (Lipinski definition) is 2. The first-order valence-electron chi connectivity index (χ1n) is 7.35. The summed E-state index contributed by atoms with van der Waals surface area (Å²) in [5.74, 6) is 0.659. The topological polar surface area (TPSA) is 87.7 Å². The summed E-state index contributed by atoms with van der Waals surface area (Å²) in [6.07, 6.45) is 0.750. The van der Waals surface area contributed by atoms with E-state index in [-0.39, 0.29) is 11.5 Å². The third kappa shape index (κ3) is 3.11. The lowest BCUT2D eigenvalue weighted by Gasteiger charge is -2.09. The normalized spacial score (nSPS) is 10.7. The average Bonchev–Trinajstić information content (AvgIpc) is 2.53. The van der Waals surface area contributed by atoms with Crippen LogP contribution in [0.25, 0.3) is 10.9 Å². The third-order valence-electron chi connectivity index (χ3n) is 3.49. The van der Waals surface area contributed by atoms with Crippen molar-refractivity contribution in [3.8, 4) is 0 Å². The Hall–Kier alpha value is -3.02. The number of aromatic amines is 1. The number of rotatable bonds is 3. The third-order valence-corrected chi connectivity index (χ3v) is 3.49. The molecule has 23 heavy (non-hydrogen) atoms. The van der Waals surface area contributed by atoms with Crippen LogP contribution in [0.4, 0.5) is 5.82 Å². The highest BCUT2D eigenvalue weighted by molar-refractivity contribution is 6.11. The number of para-hydroxylation sites is 1. The Morgan fingerprint density at radius 2 is 2.00 bits per heavy atom. The van der Waals surface area contributed by atoms with Gasteiger partial charge in [-0.2, -0.15) is 0 Å². The van der Waals surface area contributed by atoms with Crippen LogP contribution < -0.4 is 10.9 Å². The zero-order valence-electron chi connectivity index (χ0n) is 12.9. The highest BCUT2D eigenvalue weighted by atomic mass is 16.2. The van der Waals surface area contributed by atoms with Gasteiger partial charge in [-0.15, -0.1) is 0 Å². The Kier molecular flexibility index (Phi) is 3.89. The molecule has 1 aromatic carbocycles. The van der Waals surface area contributed by atoms with Gasteiger partial charge < -0.3 is 10.3 Å². The van der Waals surface area contributed by atoms with Gasteiger partial charge in [-0.05, 0) is 19.4 Å². The maximum atomic E-state index is 12.6. The van der Waals surface area contributed by atoms with E-state index in [1.165, 1.54) is 6.07 Å². The standard InChI is InChI=1S/C17H16N4O2/c1-3-11-8-15(19-10(2)18-11)21-17(23)13-9-16(22)20-14-7-5-4-6-12(13)14/h4-9H,3H2,1-2H3,(H,20,22)(H,18,19,21,23). The van der Waals surface area contributed by atoms with Gasteiger partial charge in [-0.3, -0.25) is 9.59 Å². The molecular weight excluding hydrogens is 292 g/mol. The van der Waals surface area contributed by atoms with Gasteiger partial charge >= 0.3 is 0 Å². The Labute approximate surface area is 132 Å². The summed E-state index contributed by atoms with van der Waals surface area (Å²) >= 11 is 0. The summed E-state index contributed by atoms with van der Waals surface area (Å²) in [5.41, 5.74) is 1.47. The summed E-state index contributed by atoms with van der Waals surface area (Å²) in [6.45, 7) is 3.76. The number of H-pyrrole nitrogens is 1. The minimum Gasteiger partial charge on any atom is -0.322 e. The Morgan fingerprint density at radius 1 is 1.22 bits per heavy atom. The monoisotopic (exact) mass is 308 g/mol. The molecule has 0 unspecified atom stereocenters. The molecule has 0 aliphatic carbocycles. The van der Waals surface area contributed by atoms with Crippen molar-refractivity contribution in [1.82, 2.24) is 15.0 Å². The fourth-order valence-corrected chi connectivity index (χ4v) is 2.45. The number of aryl methyl sites for hydroxylation is 2. The van der Waals surface area contributed by atoms with E-state index in [1.54, 1.807) is 31.2 Å². The fourth-order valence-electron chi connectivity index (χ4n) is 2.45. The van der Waals surface area contributed by atoms with Crippen molar-refractivity contribution in [2.75, 3.05) is 5.32 Å². The summed E-state index contributed by atoms with van der Waals surface area (Å²) < 4.78 is 0. The van der Waals surface area contributed by atoms with E-state index in [9.17, 15) is 9.59 Å². The van der Waals surface area contributed by atoms with Crippen LogP contribution in [-0.4, -0.2) is 20.9 Å². The second-order valence-corrected chi connectivity index (χ2v) is 5.19. The number of pyridine rings is 1. The van der Waals surface area contributed by atoms with E-state index in [0.717, 1.165) is 12.1 Å². The highest BCUT2D eigenvalue weighted by Gasteiger charge is 2.13. The SMILES string of the molecule is CCc1cc(NC(=O)c2cc(=O)[nH]c3ccccc23)nc(C)n1. The Bertz CT molecular complexity index is 947. The molecule has 0 spiro atoms. The molecule has 0 bridgehead atoms. The van der Waals surface area contributed by atoms with Gasteiger partial charge in [0.25, 0.3) is 5.91 Å². The van der Waals surface area contributed by atoms with Gasteiger partial charge in [0, 0.05) is 28.7 Å². The van der Waals surface area contributed by atoms with Crippen LogP contribution in [0.3, 0.4) is 0 Å². The molecular formula is C17H16N4O2. The first-order valence-corrected chi connectivity index (χ1v) is 7.35. The predicted molar refractivity (Wildman–Crippen MR) is 88.7 cm³/mol. The number of carbonyl (C=O) groups is 1. The minimum atomic E-state index is -0.368. The van der Waals surface area contributed by atoms with Crippen LogP contribution in [0.2, 0.25) is 0 Å². The number of benzene rings is 1. The molecule has 2 heterocycles. The predicted octanol–water partition coefficient (Wildman–Crippen LogP) is 2.44. The number of carbonyl (C=O) groups excluding carboxylic acids is 1. The number of aromatic nitrogens is 3. The molecule has 6 heteroatoms. The molecule has 0 aliphatic rings. The molecule has 0 aliphatic heterocycles. The molecule has 0 fully saturated rings. The number of fused-ring (bicyclic) bond motifs is 1. The van der Waals surface area contributed by atoms with Gasteiger partial charge in [0.05, 0.1) is 5.56 Å². The summed E-state index contributed by atoms with van der Waals surface area (Å²) in [7, 11) is 0. The van der Waals surface area contributed by atoms with E-state index in [4.69, 9.17) is 0 Å². The Morgan fingerprint density at radius 3 is 2.78 bits per heavy atom. The number of amides is 1. The van der Waals surface area contributed by atoms with Gasteiger partial charge in [-0.25, -0.2) is 9.97 Å². The zero-order valence-corrected chi connectivity index (χ0v) is 12.9. The smallest absolute Gasteiger partial charge is 0.257 e. The van der Waals surface area contributed by atoms with Crippen LogP contribution in [0.1, 0.15) is 28.8 Å². The molecule has 0 saturated heterocycles. The quantitative estimate of drug-likeness (QED) is 0.778. The van der Waals surface area contributed by atoms with Gasteiger partial charge in [0.1, 0.15) is 11.6 Å². The van der Waals surface area contributed by atoms with Crippen LogP contribution >= 0.6 is 0 Å². The van der Waals surface area contributed by atoms with Crippen molar-refractivity contribution in [2.45, 2.75) is 20.3 Å². The van der Waals surface area contributed by atoms with E-state index in [1.807, 2.05) is 13.0 Å². The molecule has 0 saturated carbocycles. The summed E-state index contributed by atoms with van der Waals surface area (Å²) in [6, 6.07) is 10.2. The lowest BCUT2D eigenvalue weighted by molar-refractivity contribution is 0.102. The van der Waals surface area contributed by atoms with E-state index >= 15 is 0 Å². The lowest BCUT2D eigenvalue weighted by atomic mass is 10.1. The van der Waals surface area contributed by atoms with Gasteiger partial charge in [-0.1, -0.05) is 25.1 Å². The molecule has 2 aromatic heterocycles. The van der Waals surface area contributed by atoms with Crippen molar-refractivity contribution in [2.24, 2.45) is 0 Å². The Balaban J connectivity index is 2.01. The molecule has 6 nitrogen and oxygen atoms in total. The molecule has 3 aromatic rings. The second-order valence-electron chi connectivity index (χ2n) is 5.19. The average molecular weight is 308 g/mol. The fraction of sp³-hybridized carbons (Fsp3) is 0.176. The molecule has 0 radical (unpaired) electrons. The van der Waals surface area contributed by atoms with E-state index < -0.39 is 0 Å². The van der Waals surface area contributed by atoms with Gasteiger partial charge in [0.2, 0.25) is 5.56 Å². The number of anilines is 1. The van der Waals surface area contributed by atoms with Crippen molar-refractivity contribution in [3.63, 3.8) is 0 Å². The van der Waals surface area contributed by atoms with Crippen molar-refractivity contribution < 1.29 is 4.79 Å². The lowest BCUT2D eigenvalue weighted by Crippen LogP contribution is -2.18. The molecule has 3 rings (SSSR count). The minimum absolute atomic E-state index is 0.318. The zero-order chi connectivity index (χ0) is 16.4. The van der Waals surface area contributed by atoms with E-state index in [2.05, 4.69) is 20.3 Å². The second kappa shape index (κ2) is 6.00. The molecule has 2 N–H and O–H groups in total. The first-order chi connectivity index (χ1) is 11.1. The van der Waals surface area contributed by atoms with Crippen LogP contribution in [0.15, 0.2) is 41.2 Å². The molecule has 1 amide bonds. The summed E-state index contributed by atoms with van der Waals surface area (Å²) in [4.78, 5) is 35.5. The molecule has 116 valence electrons. The number of hydrogen-bond acceptors (Lipinski definition) is 4. The largest absolute Gasteiger partial charge is 0.322 e. The number of nitrogens with zero attached hydrogens (tertiary/aromatic N) is 2.